The van der Waals surface area contributed by atoms with Crippen molar-refractivity contribution in [2.45, 2.75) is 18.8 Å². The molecule has 1 aliphatic rings. The molecule has 0 atom stereocenters. The summed E-state index contributed by atoms with van der Waals surface area (Å²) < 4.78 is 10.7. The Morgan fingerprint density at radius 3 is 2.50 bits per heavy atom. The van der Waals surface area contributed by atoms with Crippen LogP contribution in [0.1, 0.15) is 24.3 Å². The second kappa shape index (κ2) is 6.99. The number of aromatic nitrogens is 2. The van der Waals surface area contributed by atoms with Crippen LogP contribution in [0.5, 0.6) is 11.5 Å². The first-order chi connectivity index (χ1) is 12.7. The fourth-order valence-corrected chi connectivity index (χ4v) is 4.27. The van der Waals surface area contributed by atoms with Crippen LogP contribution in [-0.2, 0) is 0 Å². The van der Waals surface area contributed by atoms with Gasteiger partial charge in [-0.05, 0) is 47.2 Å². The van der Waals surface area contributed by atoms with E-state index in [2.05, 4.69) is 26.7 Å². The number of nitrogen functional groups attached to an aromatic ring is 1. The molecule has 0 radical (unpaired) electrons. The van der Waals surface area contributed by atoms with Crippen molar-refractivity contribution < 1.29 is 9.47 Å². The summed E-state index contributed by atoms with van der Waals surface area (Å²) in [6, 6.07) is 5.92. The zero-order valence-corrected chi connectivity index (χ0v) is 15.8. The monoisotopic (exact) mass is 370 g/mol. The zero-order chi connectivity index (χ0) is 18.1. The highest BCUT2D eigenvalue weighted by molar-refractivity contribution is 7.07. The maximum atomic E-state index is 6.21. The third-order valence-corrected chi connectivity index (χ3v) is 5.71. The molecule has 2 aromatic heterocycles. The number of hydrogen-bond acceptors (Lipinski definition) is 7. The Morgan fingerprint density at radius 2 is 1.85 bits per heavy atom. The number of fused-ring (bicyclic) bond motifs is 1. The second-order valence-corrected chi connectivity index (χ2v) is 7.23. The van der Waals surface area contributed by atoms with Gasteiger partial charge in [-0.1, -0.05) is 0 Å². The van der Waals surface area contributed by atoms with Gasteiger partial charge in [0.2, 0.25) is 5.95 Å². The Morgan fingerprint density at radius 1 is 1.12 bits per heavy atom. The topological polar surface area (TPSA) is 73.5 Å². The number of thiophene rings is 1. The smallest absolute Gasteiger partial charge is 0.227 e. The number of piperidine rings is 1. The highest BCUT2D eigenvalue weighted by Gasteiger charge is 2.23. The molecule has 0 unspecified atom stereocenters. The summed E-state index contributed by atoms with van der Waals surface area (Å²) in [5.41, 5.74) is 8.43. The molecular formula is C19H22N4O2S. The van der Waals surface area contributed by atoms with Gasteiger partial charge in [0, 0.05) is 24.5 Å². The van der Waals surface area contributed by atoms with Crippen molar-refractivity contribution in [1.82, 2.24) is 9.97 Å². The quantitative estimate of drug-likeness (QED) is 0.755. The molecule has 0 aliphatic carbocycles. The van der Waals surface area contributed by atoms with Gasteiger partial charge in [0.1, 0.15) is 5.82 Å². The van der Waals surface area contributed by atoms with Crippen molar-refractivity contribution in [1.29, 1.82) is 0 Å². The van der Waals surface area contributed by atoms with Crippen molar-refractivity contribution in [3.63, 3.8) is 0 Å². The van der Waals surface area contributed by atoms with Crippen molar-refractivity contribution in [2.75, 3.05) is 37.9 Å². The fourth-order valence-electron chi connectivity index (χ4n) is 3.53. The number of ether oxygens (including phenoxy) is 2. The molecule has 1 fully saturated rings. The molecule has 0 spiro atoms. The lowest BCUT2D eigenvalue weighted by atomic mass is 9.91. The minimum absolute atomic E-state index is 0.464. The van der Waals surface area contributed by atoms with E-state index < -0.39 is 0 Å². The van der Waals surface area contributed by atoms with Crippen LogP contribution in [0.4, 0.5) is 11.8 Å². The van der Waals surface area contributed by atoms with Gasteiger partial charge in [-0.25, -0.2) is 4.98 Å². The second-order valence-electron chi connectivity index (χ2n) is 6.45. The molecule has 2 N–H and O–H groups in total. The molecule has 0 bridgehead atoms. The Hall–Kier alpha value is -2.54. The van der Waals surface area contributed by atoms with Crippen molar-refractivity contribution in [3.05, 3.63) is 34.5 Å². The van der Waals surface area contributed by atoms with E-state index in [0.29, 0.717) is 29.2 Å². The maximum absolute atomic E-state index is 6.21. The predicted molar refractivity (Wildman–Crippen MR) is 106 cm³/mol. The summed E-state index contributed by atoms with van der Waals surface area (Å²) in [5, 5.41) is 5.18. The molecule has 3 heterocycles. The number of nitrogens with zero attached hydrogens (tertiary/aromatic N) is 3. The summed E-state index contributed by atoms with van der Waals surface area (Å²) in [6.07, 6.45) is 2.20. The van der Waals surface area contributed by atoms with Crippen LogP contribution >= 0.6 is 11.3 Å². The van der Waals surface area contributed by atoms with E-state index in [4.69, 9.17) is 20.2 Å². The maximum Gasteiger partial charge on any atom is 0.227 e. The van der Waals surface area contributed by atoms with Gasteiger partial charge < -0.3 is 20.1 Å². The summed E-state index contributed by atoms with van der Waals surface area (Å²) in [4.78, 5) is 11.5. The molecule has 1 aliphatic heterocycles. The van der Waals surface area contributed by atoms with E-state index in [-0.39, 0.29) is 0 Å². The number of methoxy groups -OCH3 is 2. The van der Waals surface area contributed by atoms with E-state index in [1.807, 2.05) is 12.1 Å². The molecule has 4 rings (SSSR count). The normalized spacial score (nSPS) is 15.4. The van der Waals surface area contributed by atoms with Crippen LogP contribution in [-0.4, -0.2) is 37.3 Å². The molecule has 7 heteroatoms. The predicted octanol–water partition coefficient (Wildman–Crippen LogP) is 3.67. The van der Waals surface area contributed by atoms with Gasteiger partial charge >= 0.3 is 0 Å². The summed E-state index contributed by atoms with van der Waals surface area (Å²) >= 11 is 1.76. The van der Waals surface area contributed by atoms with Crippen molar-refractivity contribution in [2.24, 2.45) is 0 Å². The lowest BCUT2D eigenvalue weighted by Crippen LogP contribution is -2.34. The van der Waals surface area contributed by atoms with Gasteiger partial charge in [-0.3, -0.25) is 0 Å². The molecule has 136 valence electrons. The van der Waals surface area contributed by atoms with E-state index >= 15 is 0 Å². The van der Waals surface area contributed by atoms with Gasteiger partial charge in [0.15, 0.2) is 11.5 Å². The van der Waals surface area contributed by atoms with E-state index in [1.165, 1.54) is 5.56 Å². The Labute approximate surface area is 156 Å². The SMILES string of the molecule is COc1cc2nc(N3CCC(c4ccsc4)CC3)nc(N)c2cc1OC. The van der Waals surface area contributed by atoms with Crippen LogP contribution in [0.2, 0.25) is 0 Å². The average molecular weight is 370 g/mol. The Balaban J connectivity index is 1.61. The lowest BCUT2D eigenvalue weighted by Gasteiger charge is -2.32. The van der Waals surface area contributed by atoms with Gasteiger partial charge in [0.25, 0.3) is 0 Å². The first-order valence-corrected chi connectivity index (χ1v) is 9.60. The molecular weight excluding hydrogens is 348 g/mol. The zero-order valence-electron chi connectivity index (χ0n) is 14.9. The first kappa shape index (κ1) is 16.9. The van der Waals surface area contributed by atoms with Crippen molar-refractivity contribution in [3.8, 4) is 11.5 Å². The number of benzene rings is 1. The first-order valence-electron chi connectivity index (χ1n) is 8.66. The number of rotatable bonds is 4. The van der Waals surface area contributed by atoms with Crippen molar-refractivity contribution >= 4 is 34.0 Å². The molecule has 1 saturated heterocycles. The third kappa shape index (κ3) is 3.03. The highest BCUT2D eigenvalue weighted by Crippen LogP contribution is 2.35. The summed E-state index contributed by atoms with van der Waals surface area (Å²) in [7, 11) is 3.22. The minimum atomic E-state index is 0.464. The van der Waals surface area contributed by atoms with Crippen LogP contribution in [0.15, 0.2) is 29.0 Å². The van der Waals surface area contributed by atoms with Crippen LogP contribution in [0.25, 0.3) is 10.9 Å². The highest BCUT2D eigenvalue weighted by atomic mass is 32.1. The number of nitrogens with two attached hydrogens (primary N) is 1. The van der Waals surface area contributed by atoms with E-state index in [9.17, 15) is 0 Å². The Bertz CT molecular complexity index is 906. The molecule has 6 nitrogen and oxygen atoms in total. The minimum Gasteiger partial charge on any atom is -0.493 e. The molecule has 26 heavy (non-hydrogen) atoms. The van der Waals surface area contributed by atoms with E-state index in [1.54, 1.807) is 25.6 Å². The van der Waals surface area contributed by atoms with Crippen LogP contribution < -0.4 is 20.1 Å². The average Bonchev–Trinajstić information content (AvgIpc) is 3.22. The van der Waals surface area contributed by atoms with E-state index in [0.717, 1.165) is 36.8 Å². The largest absolute Gasteiger partial charge is 0.493 e. The molecule has 1 aromatic carbocycles. The van der Waals surface area contributed by atoms with Gasteiger partial charge in [-0.2, -0.15) is 16.3 Å². The third-order valence-electron chi connectivity index (χ3n) is 5.01. The standard InChI is InChI=1S/C19H22N4O2S/c1-24-16-9-14-15(10-17(16)25-2)21-19(22-18(14)20)23-6-3-12(4-7-23)13-5-8-26-11-13/h5,8-12H,3-4,6-7H2,1-2H3,(H2,20,21,22). The van der Waals surface area contributed by atoms with Gasteiger partial charge in [-0.15, -0.1) is 0 Å². The fraction of sp³-hybridized carbons (Fsp3) is 0.368. The number of anilines is 2. The molecule has 3 aromatic rings. The number of hydrogen-bond donors (Lipinski definition) is 1. The van der Waals surface area contributed by atoms with Crippen LogP contribution in [0.3, 0.4) is 0 Å². The molecule has 0 amide bonds. The lowest BCUT2D eigenvalue weighted by molar-refractivity contribution is 0.356. The summed E-state index contributed by atoms with van der Waals surface area (Å²) in [5.74, 6) is 3.04. The summed E-state index contributed by atoms with van der Waals surface area (Å²) in [6.45, 7) is 1.86. The van der Waals surface area contributed by atoms with Gasteiger partial charge in [0.05, 0.1) is 19.7 Å². The van der Waals surface area contributed by atoms with Crippen LogP contribution in [0, 0.1) is 0 Å². The molecule has 0 saturated carbocycles. The Kier molecular flexibility index (Phi) is 4.55.